The Morgan fingerprint density at radius 1 is 1.27 bits per heavy atom. The molecular formula is C18H22N2OS. The maximum absolute atomic E-state index is 12.2. The minimum atomic E-state index is 0.173. The molecule has 1 N–H and O–H groups in total. The van der Waals surface area contributed by atoms with Crippen LogP contribution < -0.4 is 5.32 Å². The molecule has 1 aliphatic carbocycles. The fourth-order valence-electron chi connectivity index (χ4n) is 3.16. The highest BCUT2D eigenvalue weighted by Crippen LogP contribution is 2.26. The molecular weight excluding hydrogens is 292 g/mol. The van der Waals surface area contributed by atoms with Crippen molar-refractivity contribution in [2.45, 2.75) is 45.1 Å². The number of carbonyl (C=O) groups is 1. The summed E-state index contributed by atoms with van der Waals surface area (Å²) < 4.78 is 0. The maximum Gasteiger partial charge on any atom is 0.220 e. The van der Waals surface area contributed by atoms with E-state index in [1.54, 1.807) is 17.5 Å². The minimum absolute atomic E-state index is 0.173. The summed E-state index contributed by atoms with van der Waals surface area (Å²) in [5.74, 6) is 0.756. The first kappa shape index (κ1) is 15.2. The van der Waals surface area contributed by atoms with Gasteiger partial charge in [0.05, 0.1) is 5.69 Å². The van der Waals surface area contributed by atoms with Crippen molar-refractivity contribution in [1.82, 2.24) is 10.3 Å². The van der Waals surface area contributed by atoms with E-state index in [-0.39, 0.29) is 5.91 Å². The monoisotopic (exact) mass is 314 g/mol. The molecule has 2 aromatic heterocycles. The zero-order valence-corrected chi connectivity index (χ0v) is 13.6. The highest BCUT2D eigenvalue weighted by molar-refractivity contribution is 7.08. The second-order valence-corrected chi connectivity index (χ2v) is 6.79. The van der Waals surface area contributed by atoms with Crippen LogP contribution in [0.3, 0.4) is 0 Å². The molecule has 2 aromatic rings. The van der Waals surface area contributed by atoms with Gasteiger partial charge in [-0.2, -0.15) is 11.3 Å². The van der Waals surface area contributed by atoms with E-state index in [0.29, 0.717) is 18.9 Å². The SMILES string of the molecule is O=C(CC1CCCCC1)NCc1cccnc1-c1ccsc1. The number of hydrogen-bond acceptors (Lipinski definition) is 3. The van der Waals surface area contributed by atoms with Crippen LogP contribution in [0.5, 0.6) is 0 Å². The van der Waals surface area contributed by atoms with Crippen molar-refractivity contribution in [2.24, 2.45) is 5.92 Å². The summed E-state index contributed by atoms with van der Waals surface area (Å²) >= 11 is 1.66. The minimum Gasteiger partial charge on any atom is -0.352 e. The molecule has 0 aliphatic heterocycles. The zero-order chi connectivity index (χ0) is 15.2. The summed E-state index contributed by atoms with van der Waals surface area (Å²) in [4.78, 5) is 16.6. The molecule has 0 aromatic carbocycles. The number of amides is 1. The molecule has 0 bridgehead atoms. The van der Waals surface area contributed by atoms with Gasteiger partial charge in [0.25, 0.3) is 0 Å². The van der Waals surface area contributed by atoms with Gasteiger partial charge >= 0.3 is 0 Å². The second kappa shape index (κ2) is 7.54. The summed E-state index contributed by atoms with van der Waals surface area (Å²) in [5.41, 5.74) is 3.18. The number of nitrogens with one attached hydrogen (secondary N) is 1. The van der Waals surface area contributed by atoms with Gasteiger partial charge in [0.2, 0.25) is 5.91 Å². The Kier molecular flexibility index (Phi) is 5.22. The summed E-state index contributed by atoms with van der Waals surface area (Å²) in [6, 6.07) is 6.04. The Hall–Kier alpha value is -1.68. The quantitative estimate of drug-likeness (QED) is 0.889. The van der Waals surface area contributed by atoms with E-state index in [1.807, 2.05) is 12.1 Å². The molecule has 1 fully saturated rings. The highest BCUT2D eigenvalue weighted by Gasteiger charge is 2.17. The van der Waals surface area contributed by atoms with Gasteiger partial charge in [-0.1, -0.05) is 25.3 Å². The summed E-state index contributed by atoms with van der Waals surface area (Å²) in [7, 11) is 0. The van der Waals surface area contributed by atoms with Crippen molar-refractivity contribution < 1.29 is 4.79 Å². The van der Waals surface area contributed by atoms with Crippen molar-refractivity contribution in [1.29, 1.82) is 0 Å². The molecule has 1 saturated carbocycles. The molecule has 1 amide bonds. The normalized spacial score (nSPS) is 15.6. The van der Waals surface area contributed by atoms with Crippen LogP contribution >= 0.6 is 11.3 Å². The van der Waals surface area contributed by atoms with Crippen LogP contribution in [0.1, 0.15) is 44.1 Å². The molecule has 4 heteroatoms. The second-order valence-electron chi connectivity index (χ2n) is 6.01. The van der Waals surface area contributed by atoms with Gasteiger partial charge in [-0.3, -0.25) is 9.78 Å². The van der Waals surface area contributed by atoms with Crippen molar-refractivity contribution in [3.05, 3.63) is 40.7 Å². The first-order chi connectivity index (χ1) is 10.8. The van der Waals surface area contributed by atoms with Gasteiger partial charge in [0, 0.05) is 30.1 Å². The molecule has 0 saturated heterocycles. The lowest BCUT2D eigenvalue weighted by atomic mass is 9.87. The smallest absolute Gasteiger partial charge is 0.220 e. The molecule has 22 heavy (non-hydrogen) atoms. The third kappa shape index (κ3) is 3.95. The van der Waals surface area contributed by atoms with Crippen LogP contribution in [0, 0.1) is 5.92 Å². The zero-order valence-electron chi connectivity index (χ0n) is 12.8. The number of nitrogens with zero attached hydrogens (tertiary/aromatic N) is 1. The number of pyridine rings is 1. The van der Waals surface area contributed by atoms with Crippen molar-refractivity contribution in [2.75, 3.05) is 0 Å². The predicted octanol–water partition coefficient (Wildman–Crippen LogP) is 4.40. The molecule has 0 spiro atoms. The molecule has 0 atom stereocenters. The van der Waals surface area contributed by atoms with Crippen LogP contribution in [0.15, 0.2) is 35.2 Å². The lowest BCUT2D eigenvalue weighted by Crippen LogP contribution is -2.26. The Morgan fingerprint density at radius 3 is 2.91 bits per heavy atom. The molecule has 116 valence electrons. The lowest BCUT2D eigenvalue weighted by Gasteiger charge is -2.20. The van der Waals surface area contributed by atoms with E-state index < -0.39 is 0 Å². The number of carbonyl (C=O) groups excluding carboxylic acids is 1. The Morgan fingerprint density at radius 2 is 2.14 bits per heavy atom. The average Bonchev–Trinajstić information content (AvgIpc) is 3.08. The topological polar surface area (TPSA) is 42.0 Å². The number of hydrogen-bond donors (Lipinski definition) is 1. The summed E-state index contributed by atoms with van der Waals surface area (Å²) in [6.07, 6.45) is 8.79. The molecule has 0 radical (unpaired) electrons. The van der Waals surface area contributed by atoms with Gasteiger partial charge in [0.15, 0.2) is 0 Å². The maximum atomic E-state index is 12.2. The van der Waals surface area contributed by atoms with Gasteiger partial charge in [-0.15, -0.1) is 0 Å². The Labute approximate surface area is 135 Å². The fourth-order valence-corrected chi connectivity index (χ4v) is 3.80. The molecule has 1 aliphatic rings. The van der Waals surface area contributed by atoms with Crippen LogP contribution in [0.4, 0.5) is 0 Å². The van der Waals surface area contributed by atoms with Gasteiger partial charge in [-0.25, -0.2) is 0 Å². The van der Waals surface area contributed by atoms with Crippen molar-refractivity contribution >= 4 is 17.2 Å². The van der Waals surface area contributed by atoms with Crippen LogP contribution in [0.25, 0.3) is 11.3 Å². The number of thiophene rings is 1. The van der Waals surface area contributed by atoms with Crippen LogP contribution in [-0.2, 0) is 11.3 Å². The fraction of sp³-hybridized carbons (Fsp3) is 0.444. The van der Waals surface area contributed by atoms with Crippen molar-refractivity contribution in [3.8, 4) is 11.3 Å². The number of rotatable bonds is 5. The van der Waals surface area contributed by atoms with E-state index in [9.17, 15) is 4.79 Å². The molecule has 0 unspecified atom stereocenters. The van der Waals surface area contributed by atoms with E-state index in [0.717, 1.165) is 16.8 Å². The average molecular weight is 314 g/mol. The van der Waals surface area contributed by atoms with E-state index in [4.69, 9.17) is 0 Å². The largest absolute Gasteiger partial charge is 0.352 e. The Bertz CT molecular complexity index is 603. The van der Waals surface area contributed by atoms with E-state index in [1.165, 1.54) is 32.1 Å². The van der Waals surface area contributed by atoms with Gasteiger partial charge < -0.3 is 5.32 Å². The Balaban J connectivity index is 1.58. The predicted molar refractivity (Wildman–Crippen MR) is 90.6 cm³/mol. The van der Waals surface area contributed by atoms with Crippen LogP contribution in [0.2, 0.25) is 0 Å². The van der Waals surface area contributed by atoms with Gasteiger partial charge in [-0.05, 0) is 41.8 Å². The third-order valence-electron chi connectivity index (χ3n) is 4.36. The van der Waals surface area contributed by atoms with E-state index >= 15 is 0 Å². The first-order valence-corrected chi connectivity index (χ1v) is 9.00. The van der Waals surface area contributed by atoms with E-state index in [2.05, 4.69) is 27.1 Å². The standard InChI is InChI=1S/C18H22N2OS/c21-17(11-14-5-2-1-3-6-14)20-12-15-7-4-9-19-18(15)16-8-10-22-13-16/h4,7-10,13-14H,1-3,5-6,11-12H2,(H,20,21). The molecule has 3 rings (SSSR count). The van der Waals surface area contributed by atoms with Crippen LogP contribution in [-0.4, -0.2) is 10.9 Å². The highest BCUT2D eigenvalue weighted by atomic mass is 32.1. The van der Waals surface area contributed by atoms with Crippen molar-refractivity contribution in [3.63, 3.8) is 0 Å². The van der Waals surface area contributed by atoms with Gasteiger partial charge in [0.1, 0.15) is 0 Å². The first-order valence-electron chi connectivity index (χ1n) is 8.06. The summed E-state index contributed by atoms with van der Waals surface area (Å²) in [5, 5.41) is 7.22. The third-order valence-corrected chi connectivity index (χ3v) is 5.04. The number of aromatic nitrogens is 1. The molecule has 2 heterocycles. The summed E-state index contributed by atoms with van der Waals surface area (Å²) in [6.45, 7) is 0.560. The lowest BCUT2D eigenvalue weighted by molar-refractivity contribution is -0.122. The molecule has 3 nitrogen and oxygen atoms in total.